The van der Waals surface area contributed by atoms with Crippen LogP contribution in [0.2, 0.25) is 0 Å². The van der Waals surface area contributed by atoms with E-state index in [1.54, 1.807) is 0 Å². The second-order valence-electron chi connectivity index (χ2n) is 6.06. The molecule has 0 aliphatic heterocycles. The van der Waals surface area contributed by atoms with Gasteiger partial charge in [0.05, 0.1) is 12.6 Å². The molecule has 2 fully saturated rings. The summed E-state index contributed by atoms with van der Waals surface area (Å²) >= 11 is 0. The molecular weight excluding hydrogens is 272 g/mol. The molecule has 2 aliphatic carbocycles. The number of nitrogens with one attached hydrogen (secondary N) is 1. The first-order chi connectivity index (χ1) is 10.1. The van der Waals surface area contributed by atoms with Crippen molar-refractivity contribution in [2.75, 3.05) is 19.7 Å². The highest BCUT2D eigenvalue weighted by molar-refractivity contribution is 5.77. The molecular formula is C15H26N2O4. The molecule has 0 aromatic heterocycles. The van der Waals surface area contributed by atoms with Gasteiger partial charge >= 0.3 is 5.97 Å². The Labute approximate surface area is 125 Å². The number of aliphatic carboxylic acids is 1. The molecule has 2 N–H and O–H groups in total. The minimum Gasteiger partial charge on any atom is -0.480 e. The molecule has 0 aromatic carbocycles. The number of amides is 1. The van der Waals surface area contributed by atoms with Crippen LogP contribution in [0.5, 0.6) is 0 Å². The van der Waals surface area contributed by atoms with Crippen molar-refractivity contribution in [3.05, 3.63) is 0 Å². The Bertz CT molecular complexity index is 363. The molecule has 0 atom stereocenters. The number of carboxylic acid groups (broad SMARTS) is 1. The molecule has 0 bridgehead atoms. The number of rotatable bonds is 8. The van der Waals surface area contributed by atoms with E-state index in [0.717, 1.165) is 32.2 Å². The van der Waals surface area contributed by atoms with Gasteiger partial charge in [-0.1, -0.05) is 19.8 Å². The average Bonchev–Trinajstić information content (AvgIpc) is 2.90. The number of ether oxygens (including phenoxy) is 1. The number of hydrogen-bond donors (Lipinski definition) is 2. The maximum atomic E-state index is 11.8. The van der Waals surface area contributed by atoms with Crippen molar-refractivity contribution in [2.24, 2.45) is 0 Å². The second-order valence-corrected chi connectivity index (χ2v) is 6.06. The maximum absolute atomic E-state index is 11.8. The summed E-state index contributed by atoms with van der Waals surface area (Å²) in [5.74, 6) is -0.846. The Morgan fingerprint density at radius 2 is 1.95 bits per heavy atom. The quantitative estimate of drug-likeness (QED) is 0.699. The van der Waals surface area contributed by atoms with Gasteiger partial charge in [-0.25, -0.2) is 0 Å². The lowest BCUT2D eigenvalue weighted by molar-refractivity contribution is -0.140. The molecule has 1 amide bonds. The molecule has 0 saturated heterocycles. The smallest absolute Gasteiger partial charge is 0.317 e. The monoisotopic (exact) mass is 298 g/mol. The Kier molecular flexibility index (Phi) is 5.99. The highest BCUT2D eigenvalue weighted by Gasteiger charge is 2.34. The maximum Gasteiger partial charge on any atom is 0.317 e. The SMILES string of the molecule is CCN(CC(=O)O)C1CC(NC(=O)COC2CCCC2)C1. The summed E-state index contributed by atoms with van der Waals surface area (Å²) in [6.07, 6.45) is 6.46. The normalized spacial score (nSPS) is 25.8. The van der Waals surface area contributed by atoms with E-state index in [0.29, 0.717) is 0 Å². The van der Waals surface area contributed by atoms with Gasteiger partial charge in [-0.05, 0) is 32.2 Å². The van der Waals surface area contributed by atoms with E-state index in [1.807, 2.05) is 11.8 Å². The van der Waals surface area contributed by atoms with E-state index in [9.17, 15) is 9.59 Å². The second kappa shape index (κ2) is 7.75. The molecule has 0 radical (unpaired) electrons. The first-order valence-electron chi connectivity index (χ1n) is 7.95. The first kappa shape index (κ1) is 16.2. The summed E-state index contributed by atoms with van der Waals surface area (Å²) in [6, 6.07) is 0.435. The summed E-state index contributed by atoms with van der Waals surface area (Å²) in [5.41, 5.74) is 0. The lowest BCUT2D eigenvalue weighted by Crippen LogP contribution is -2.55. The van der Waals surface area contributed by atoms with E-state index in [2.05, 4.69) is 5.32 Å². The zero-order valence-corrected chi connectivity index (χ0v) is 12.7. The molecule has 0 unspecified atom stereocenters. The summed E-state index contributed by atoms with van der Waals surface area (Å²) in [5, 5.41) is 11.8. The van der Waals surface area contributed by atoms with Gasteiger partial charge in [0, 0.05) is 12.1 Å². The number of carbonyl (C=O) groups is 2. The van der Waals surface area contributed by atoms with Crippen LogP contribution in [-0.2, 0) is 14.3 Å². The van der Waals surface area contributed by atoms with Gasteiger partial charge in [-0.2, -0.15) is 0 Å². The predicted molar refractivity (Wildman–Crippen MR) is 78.0 cm³/mol. The van der Waals surface area contributed by atoms with Crippen molar-refractivity contribution in [3.8, 4) is 0 Å². The zero-order valence-electron chi connectivity index (χ0n) is 12.7. The van der Waals surface area contributed by atoms with Crippen LogP contribution in [-0.4, -0.2) is 59.8 Å². The van der Waals surface area contributed by atoms with Crippen molar-refractivity contribution in [1.82, 2.24) is 10.2 Å². The Hall–Kier alpha value is -1.14. The van der Waals surface area contributed by atoms with Crippen molar-refractivity contribution < 1.29 is 19.4 Å². The van der Waals surface area contributed by atoms with Crippen LogP contribution in [0.1, 0.15) is 45.4 Å². The van der Waals surface area contributed by atoms with E-state index < -0.39 is 5.97 Å². The number of likely N-dealkylation sites (N-methyl/N-ethyl adjacent to an activating group) is 1. The molecule has 21 heavy (non-hydrogen) atoms. The number of nitrogens with zero attached hydrogens (tertiary/aromatic N) is 1. The zero-order chi connectivity index (χ0) is 15.2. The van der Waals surface area contributed by atoms with E-state index >= 15 is 0 Å². The molecule has 0 aromatic rings. The fraction of sp³-hybridized carbons (Fsp3) is 0.867. The first-order valence-corrected chi connectivity index (χ1v) is 7.95. The van der Waals surface area contributed by atoms with Gasteiger partial charge in [0.1, 0.15) is 6.61 Å². The van der Waals surface area contributed by atoms with Gasteiger partial charge in [0.25, 0.3) is 0 Å². The van der Waals surface area contributed by atoms with Gasteiger partial charge in [-0.15, -0.1) is 0 Å². The molecule has 2 aliphatic rings. The Morgan fingerprint density at radius 1 is 1.29 bits per heavy atom. The third-order valence-corrected chi connectivity index (χ3v) is 4.49. The number of carbonyl (C=O) groups excluding carboxylic acids is 1. The molecule has 6 heteroatoms. The number of hydrogen-bond acceptors (Lipinski definition) is 4. The fourth-order valence-corrected chi connectivity index (χ4v) is 3.19. The van der Waals surface area contributed by atoms with Crippen molar-refractivity contribution in [3.63, 3.8) is 0 Å². The topological polar surface area (TPSA) is 78.9 Å². The lowest BCUT2D eigenvalue weighted by Gasteiger charge is -2.42. The van der Waals surface area contributed by atoms with E-state index in [1.165, 1.54) is 12.8 Å². The summed E-state index contributed by atoms with van der Waals surface area (Å²) < 4.78 is 5.58. The van der Waals surface area contributed by atoms with E-state index in [-0.39, 0.29) is 37.2 Å². The third kappa shape index (κ3) is 4.97. The van der Waals surface area contributed by atoms with E-state index in [4.69, 9.17) is 9.84 Å². The van der Waals surface area contributed by atoms with Crippen molar-refractivity contribution in [1.29, 1.82) is 0 Å². The third-order valence-electron chi connectivity index (χ3n) is 4.49. The van der Waals surface area contributed by atoms with Crippen molar-refractivity contribution >= 4 is 11.9 Å². The highest BCUT2D eigenvalue weighted by atomic mass is 16.5. The van der Waals surface area contributed by atoms with Crippen LogP contribution in [0.15, 0.2) is 0 Å². The molecule has 2 rings (SSSR count). The Balaban J connectivity index is 1.60. The van der Waals surface area contributed by atoms with Crippen LogP contribution < -0.4 is 5.32 Å². The standard InChI is InChI=1S/C15H26N2O4/c1-2-17(9-15(19)20)12-7-11(8-12)16-14(18)10-21-13-5-3-4-6-13/h11-13H,2-10H2,1H3,(H,16,18)(H,19,20). The average molecular weight is 298 g/mol. The van der Waals surface area contributed by atoms with Crippen LogP contribution in [0, 0.1) is 0 Å². The van der Waals surface area contributed by atoms with Gasteiger partial charge < -0.3 is 15.2 Å². The Morgan fingerprint density at radius 3 is 2.52 bits per heavy atom. The highest BCUT2D eigenvalue weighted by Crippen LogP contribution is 2.25. The van der Waals surface area contributed by atoms with Crippen LogP contribution in [0.4, 0.5) is 0 Å². The fourth-order valence-electron chi connectivity index (χ4n) is 3.19. The molecule has 0 spiro atoms. The van der Waals surface area contributed by atoms with Crippen LogP contribution in [0.25, 0.3) is 0 Å². The largest absolute Gasteiger partial charge is 0.480 e. The minimum atomic E-state index is -0.797. The minimum absolute atomic E-state index is 0.0494. The molecule has 2 saturated carbocycles. The predicted octanol–water partition coefficient (Wildman–Crippen LogP) is 0.999. The van der Waals surface area contributed by atoms with Crippen LogP contribution >= 0.6 is 0 Å². The van der Waals surface area contributed by atoms with Gasteiger partial charge in [0.2, 0.25) is 5.91 Å². The summed E-state index contributed by atoms with van der Waals surface area (Å²) in [6.45, 7) is 2.91. The van der Waals surface area contributed by atoms with Crippen molar-refractivity contribution in [2.45, 2.75) is 63.6 Å². The summed E-state index contributed by atoms with van der Waals surface area (Å²) in [7, 11) is 0. The number of carboxylic acids is 1. The van der Waals surface area contributed by atoms with Crippen LogP contribution in [0.3, 0.4) is 0 Å². The van der Waals surface area contributed by atoms with Gasteiger partial charge in [0.15, 0.2) is 0 Å². The summed E-state index contributed by atoms with van der Waals surface area (Å²) in [4.78, 5) is 24.5. The lowest BCUT2D eigenvalue weighted by atomic mass is 9.85. The molecule has 0 heterocycles. The molecule has 6 nitrogen and oxygen atoms in total. The molecule has 120 valence electrons. The van der Waals surface area contributed by atoms with Gasteiger partial charge in [-0.3, -0.25) is 14.5 Å².